The fraction of sp³-hybridized carbons (Fsp3) is 0.636. The van der Waals surface area contributed by atoms with Crippen LogP contribution in [-0.4, -0.2) is 22.7 Å². The van der Waals surface area contributed by atoms with Crippen molar-refractivity contribution in [1.82, 2.24) is 9.97 Å². The Morgan fingerprint density at radius 2 is 1.89 bits per heavy atom. The maximum atomic E-state index is 12.0. The van der Waals surface area contributed by atoms with Crippen molar-refractivity contribution in [3.05, 3.63) is 11.4 Å². The lowest BCUT2D eigenvalue weighted by atomic mass is 10.2. The number of nitrogen functional groups attached to an aromatic ring is 1. The second-order valence-corrected chi connectivity index (χ2v) is 4.39. The summed E-state index contributed by atoms with van der Waals surface area (Å²) in [6.07, 6.45) is -5.09. The predicted octanol–water partition coefficient (Wildman–Crippen LogP) is 2.85. The molecular weight excluding hydrogens is 245 g/mol. The van der Waals surface area contributed by atoms with Gasteiger partial charge in [0.25, 0.3) is 0 Å². The van der Waals surface area contributed by atoms with Crippen LogP contribution in [0.4, 0.5) is 24.8 Å². The van der Waals surface area contributed by atoms with Crippen LogP contribution in [0.2, 0.25) is 0 Å². The van der Waals surface area contributed by atoms with Gasteiger partial charge in [-0.15, -0.1) is 0 Å². The summed E-state index contributed by atoms with van der Waals surface area (Å²) in [5, 5.41) is 2.65. The Morgan fingerprint density at radius 1 is 1.28 bits per heavy atom. The minimum atomic E-state index is -4.18. The van der Waals surface area contributed by atoms with E-state index in [9.17, 15) is 13.2 Å². The van der Waals surface area contributed by atoms with Crippen LogP contribution in [0, 0.1) is 6.92 Å². The molecule has 1 aromatic rings. The molecule has 0 unspecified atom stereocenters. The van der Waals surface area contributed by atoms with E-state index < -0.39 is 12.6 Å². The van der Waals surface area contributed by atoms with Gasteiger partial charge in [-0.05, 0) is 6.92 Å². The molecule has 0 saturated heterocycles. The molecule has 18 heavy (non-hydrogen) atoms. The number of hydrogen-bond donors (Lipinski definition) is 2. The van der Waals surface area contributed by atoms with Crippen molar-refractivity contribution in [1.29, 1.82) is 0 Å². The summed E-state index contributed by atoms with van der Waals surface area (Å²) < 4.78 is 36.1. The molecule has 0 aliphatic rings. The summed E-state index contributed by atoms with van der Waals surface area (Å²) in [4.78, 5) is 8.28. The van der Waals surface area contributed by atoms with Gasteiger partial charge in [0.05, 0.1) is 6.42 Å². The molecule has 0 bridgehead atoms. The zero-order valence-electron chi connectivity index (χ0n) is 10.6. The topological polar surface area (TPSA) is 63.8 Å². The van der Waals surface area contributed by atoms with E-state index in [0.717, 1.165) is 0 Å². The third-order valence-electron chi connectivity index (χ3n) is 2.42. The highest BCUT2D eigenvalue weighted by Gasteiger charge is 2.26. The third-order valence-corrected chi connectivity index (χ3v) is 2.42. The standard InChI is InChI=1S/C11H17F3N4/c1-6(2)9-17-8(15)7(3)10(18-9)16-5-4-11(12,13)14/h6H,4-5H2,1-3H3,(H3,15,16,17,18). The molecule has 0 radical (unpaired) electrons. The van der Waals surface area contributed by atoms with Gasteiger partial charge in [-0.25, -0.2) is 9.97 Å². The minimum absolute atomic E-state index is 0.0658. The highest BCUT2D eigenvalue weighted by atomic mass is 19.4. The van der Waals surface area contributed by atoms with E-state index in [1.54, 1.807) is 6.92 Å². The molecule has 0 atom stereocenters. The van der Waals surface area contributed by atoms with Gasteiger partial charge in [-0.1, -0.05) is 13.8 Å². The number of alkyl halides is 3. The molecule has 4 nitrogen and oxygen atoms in total. The van der Waals surface area contributed by atoms with Crippen LogP contribution in [-0.2, 0) is 0 Å². The summed E-state index contributed by atoms with van der Waals surface area (Å²) >= 11 is 0. The maximum Gasteiger partial charge on any atom is 0.390 e. The van der Waals surface area contributed by atoms with Crippen molar-refractivity contribution in [2.75, 3.05) is 17.6 Å². The molecule has 0 aromatic carbocycles. The van der Waals surface area contributed by atoms with Crippen LogP contribution in [0.25, 0.3) is 0 Å². The SMILES string of the molecule is Cc1c(N)nc(C(C)C)nc1NCCC(F)(F)F. The average Bonchev–Trinajstić information content (AvgIpc) is 2.21. The van der Waals surface area contributed by atoms with Gasteiger partial charge in [0.1, 0.15) is 17.5 Å². The van der Waals surface area contributed by atoms with Crippen LogP contribution in [0.3, 0.4) is 0 Å². The summed E-state index contributed by atoms with van der Waals surface area (Å²) in [6.45, 7) is 5.24. The summed E-state index contributed by atoms with van der Waals surface area (Å²) in [5.41, 5.74) is 6.27. The number of nitrogens with one attached hydrogen (secondary N) is 1. The van der Waals surface area contributed by atoms with Crippen molar-refractivity contribution in [3.8, 4) is 0 Å². The first-order chi connectivity index (χ1) is 8.20. The number of hydrogen-bond acceptors (Lipinski definition) is 4. The summed E-state index contributed by atoms with van der Waals surface area (Å²) in [6, 6.07) is 0. The van der Waals surface area contributed by atoms with Crippen LogP contribution >= 0.6 is 0 Å². The Bertz CT molecular complexity index is 415. The molecule has 0 amide bonds. The van der Waals surface area contributed by atoms with Gasteiger partial charge in [0, 0.05) is 18.0 Å². The zero-order chi connectivity index (χ0) is 13.9. The first kappa shape index (κ1) is 14.5. The highest BCUT2D eigenvalue weighted by Crippen LogP contribution is 2.23. The van der Waals surface area contributed by atoms with E-state index in [2.05, 4.69) is 15.3 Å². The van der Waals surface area contributed by atoms with Gasteiger partial charge >= 0.3 is 6.18 Å². The van der Waals surface area contributed by atoms with Crippen LogP contribution in [0.15, 0.2) is 0 Å². The molecule has 1 aromatic heterocycles. The average molecular weight is 262 g/mol. The van der Waals surface area contributed by atoms with E-state index in [-0.39, 0.29) is 12.5 Å². The Balaban J connectivity index is 2.81. The number of halogens is 3. The molecule has 1 heterocycles. The first-order valence-electron chi connectivity index (χ1n) is 5.65. The van der Waals surface area contributed by atoms with Crippen LogP contribution < -0.4 is 11.1 Å². The Kier molecular flexibility index (Phi) is 4.37. The number of nitrogens with zero attached hydrogens (tertiary/aromatic N) is 2. The van der Waals surface area contributed by atoms with E-state index in [4.69, 9.17) is 5.73 Å². The summed E-state index contributed by atoms with van der Waals surface area (Å²) in [5.74, 6) is 1.25. The van der Waals surface area contributed by atoms with Gasteiger partial charge in [0.2, 0.25) is 0 Å². The molecular formula is C11H17F3N4. The normalized spacial score (nSPS) is 11.9. The Morgan fingerprint density at radius 3 is 2.39 bits per heavy atom. The van der Waals surface area contributed by atoms with E-state index in [1.807, 2.05) is 13.8 Å². The monoisotopic (exact) mass is 262 g/mol. The number of aromatic nitrogens is 2. The third kappa shape index (κ3) is 4.05. The molecule has 7 heteroatoms. The number of anilines is 2. The van der Waals surface area contributed by atoms with Crippen molar-refractivity contribution in [2.45, 2.75) is 39.3 Å². The highest BCUT2D eigenvalue weighted by molar-refractivity contribution is 5.54. The van der Waals surface area contributed by atoms with Gasteiger partial charge in [-0.2, -0.15) is 13.2 Å². The lowest BCUT2D eigenvalue weighted by molar-refractivity contribution is -0.131. The second-order valence-electron chi connectivity index (χ2n) is 4.39. The van der Waals surface area contributed by atoms with Gasteiger partial charge in [0.15, 0.2) is 0 Å². The Labute approximate surface area is 104 Å². The Hall–Kier alpha value is -1.53. The lowest BCUT2D eigenvalue weighted by Gasteiger charge is -2.14. The van der Waals surface area contributed by atoms with Crippen molar-refractivity contribution in [3.63, 3.8) is 0 Å². The van der Waals surface area contributed by atoms with Crippen molar-refractivity contribution < 1.29 is 13.2 Å². The second kappa shape index (κ2) is 5.41. The first-order valence-corrected chi connectivity index (χ1v) is 5.65. The molecule has 0 saturated carbocycles. The van der Waals surface area contributed by atoms with Crippen molar-refractivity contribution in [2.24, 2.45) is 0 Å². The lowest BCUT2D eigenvalue weighted by Crippen LogP contribution is -2.17. The minimum Gasteiger partial charge on any atom is -0.383 e. The summed E-state index contributed by atoms with van der Waals surface area (Å²) in [7, 11) is 0. The van der Waals surface area contributed by atoms with E-state index >= 15 is 0 Å². The van der Waals surface area contributed by atoms with Gasteiger partial charge in [-0.3, -0.25) is 0 Å². The largest absolute Gasteiger partial charge is 0.390 e. The molecule has 0 fully saturated rings. The van der Waals surface area contributed by atoms with Crippen LogP contribution in [0.1, 0.15) is 37.6 Å². The van der Waals surface area contributed by atoms with Crippen molar-refractivity contribution >= 4 is 11.6 Å². The quantitative estimate of drug-likeness (QED) is 0.875. The molecule has 0 spiro atoms. The maximum absolute atomic E-state index is 12.0. The number of rotatable bonds is 4. The molecule has 3 N–H and O–H groups in total. The van der Waals surface area contributed by atoms with E-state index in [0.29, 0.717) is 23.0 Å². The fourth-order valence-electron chi connectivity index (χ4n) is 1.30. The molecule has 1 rings (SSSR count). The molecule has 0 aliphatic carbocycles. The molecule has 0 aliphatic heterocycles. The fourth-order valence-corrected chi connectivity index (χ4v) is 1.30. The van der Waals surface area contributed by atoms with E-state index in [1.165, 1.54) is 0 Å². The predicted molar refractivity (Wildman–Crippen MR) is 64.4 cm³/mol. The number of nitrogens with two attached hydrogens (primary N) is 1. The molecule has 102 valence electrons. The zero-order valence-corrected chi connectivity index (χ0v) is 10.6. The van der Waals surface area contributed by atoms with Crippen LogP contribution in [0.5, 0.6) is 0 Å². The van der Waals surface area contributed by atoms with Gasteiger partial charge < -0.3 is 11.1 Å². The smallest absolute Gasteiger partial charge is 0.383 e.